The summed E-state index contributed by atoms with van der Waals surface area (Å²) in [6, 6.07) is -0.0335. The van der Waals surface area contributed by atoms with E-state index in [1.165, 1.54) is 0 Å². The summed E-state index contributed by atoms with van der Waals surface area (Å²) in [6.45, 7) is 18.0. The molecule has 0 saturated carbocycles. The van der Waals surface area contributed by atoms with Crippen LogP contribution < -0.4 is 10.6 Å². The van der Waals surface area contributed by atoms with Crippen molar-refractivity contribution in [3.05, 3.63) is 0 Å². The van der Waals surface area contributed by atoms with Gasteiger partial charge >= 0.3 is 0 Å². The summed E-state index contributed by atoms with van der Waals surface area (Å²) >= 11 is 0. The number of carbonyl (C=O) groups is 1. The van der Waals surface area contributed by atoms with Gasteiger partial charge in [0.05, 0.1) is 11.7 Å². The van der Waals surface area contributed by atoms with E-state index in [9.17, 15) is 4.79 Å². The van der Waals surface area contributed by atoms with E-state index >= 15 is 0 Å². The van der Waals surface area contributed by atoms with E-state index in [2.05, 4.69) is 66.0 Å². The van der Waals surface area contributed by atoms with Crippen molar-refractivity contribution in [3.8, 4) is 0 Å². The molecule has 0 aromatic rings. The molecular formula is C17H35N3O. The van der Waals surface area contributed by atoms with Crippen LogP contribution in [0.4, 0.5) is 0 Å². The molecule has 0 bridgehead atoms. The van der Waals surface area contributed by atoms with E-state index in [-0.39, 0.29) is 28.7 Å². The van der Waals surface area contributed by atoms with Gasteiger partial charge < -0.3 is 10.2 Å². The molecule has 0 spiro atoms. The second-order valence-electron chi connectivity index (χ2n) is 8.77. The average molecular weight is 297 g/mol. The van der Waals surface area contributed by atoms with Crippen molar-refractivity contribution in [2.24, 2.45) is 0 Å². The van der Waals surface area contributed by atoms with Gasteiger partial charge in [-0.15, -0.1) is 0 Å². The van der Waals surface area contributed by atoms with Crippen LogP contribution in [0.1, 0.15) is 74.7 Å². The number of hydrogen-bond acceptors (Lipinski definition) is 3. The molecule has 1 rings (SSSR count). The van der Waals surface area contributed by atoms with Gasteiger partial charge in [0.2, 0.25) is 5.91 Å². The molecule has 1 amide bonds. The van der Waals surface area contributed by atoms with Crippen LogP contribution in [-0.4, -0.2) is 40.1 Å². The van der Waals surface area contributed by atoms with Gasteiger partial charge in [0, 0.05) is 11.1 Å². The van der Waals surface area contributed by atoms with Crippen molar-refractivity contribution >= 4 is 5.91 Å². The van der Waals surface area contributed by atoms with Crippen molar-refractivity contribution in [2.75, 3.05) is 6.54 Å². The van der Waals surface area contributed by atoms with Crippen molar-refractivity contribution in [1.29, 1.82) is 0 Å². The third-order valence-corrected chi connectivity index (χ3v) is 3.85. The summed E-state index contributed by atoms with van der Waals surface area (Å²) in [7, 11) is 0. The first-order valence-electron chi connectivity index (χ1n) is 8.21. The van der Waals surface area contributed by atoms with E-state index in [1.54, 1.807) is 0 Å². The maximum Gasteiger partial charge on any atom is 0.241 e. The molecule has 124 valence electrons. The Kier molecular flexibility index (Phi) is 5.49. The lowest BCUT2D eigenvalue weighted by Crippen LogP contribution is -2.55. The molecule has 1 aliphatic rings. The van der Waals surface area contributed by atoms with E-state index in [0.29, 0.717) is 0 Å². The maximum atomic E-state index is 12.6. The minimum atomic E-state index is -0.260. The third kappa shape index (κ3) is 5.26. The van der Waals surface area contributed by atoms with Gasteiger partial charge in [-0.2, -0.15) is 0 Å². The number of hydrogen-bond donors (Lipinski definition) is 2. The highest BCUT2D eigenvalue weighted by molar-refractivity contribution is 5.85. The normalized spacial score (nSPS) is 23.0. The second kappa shape index (κ2) is 6.25. The van der Waals surface area contributed by atoms with Crippen LogP contribution in [0.25, 0.3) is 0 Å². The van der Waals surface area contributed by atoms with Crippen LogP contribution in [0.3, 0.4) is 0 Å². The average Bonchev–Trinajstić information content (AvgIpc) is 2.45. The molecule has 1 fully saturated rings. The van der Waals surface area contributed by atoms with Gasteiger partial charge in [-0.1, -0.05) is 6.42 Å². The van der Waals surface area contributed by atoms with Gasteiger partial charge in [0.15, 0.2) is 0 Å². The van der Waals surface area contributed by atoms with E-state index in [4.69, 9.17) is 0 Å². The molecule has 4 nitrogen and oxygen atoms in total. The number of rotatable bonds is 5. The van der Waals surface area contributed by atoms with Gasteiger partial charge in [-0.25, -0.2) is 0 Å². The lowest BCUT2D eigenvalue weighted by atomic mass is 10.0. The largest absolute Gasteiger partial charge is 0.319 e. The highest BCUT2D eigenvalue weighted by Crippen LogP contribution is 2.31. The Balaban J connectivity index is 2.46. The Labute approximate surface area is 131 Å². The second-order valence-corrected chi connectivity index (χ2v) is 8.77. The molecule has 4 heteroatoms. The van der Waals surface area contributed by atoms with Gasteiger partial charge in [0.1, 0.15) is 0 Å². The van der Waals surface area contributed by atoms with Crippen LogP contribution in [0, 0.1) is 0 Å². The molecule has 0 aromatic carbocycles. The van der Waals surface area contributed by atoms with Gasteiger partial charge in [-0.3, -0.25) is 10.1 Å². The van der Waals surface area contributed by atoms with Crippen LogP contribution in [0.5, 0.6) is 0 Å². The predicted octanol–water partition coefficient (Wildman–Crippen LogP) is 2.88. The molecule has 0 aliphatic carbocycles. The molecule has 2 N–H and O–H groups in total. The Morgan fingerprint density at radius 1 is 1.14 bits per heavy atom. The summed E-state index contributed by atoms with van der Waals surface area (Å²) in [5.74, 6) is 0.247. The SMILES string of the molecule is CC(C)(C)NCCCC[C@@H]1NC(C)(C)N(C(C)(C)C)C1=O. The van der Waals surface area contributed by atoms with Crippen molar-refractivity contribution in [2.45, 2.75) is 97.4 Å². The minimum Gasteiger partial charge on any atom is -0.319 e. The number of nitrogens with one attached hydrogen (secondary N) is 2. The fourth-order valence-corrected chi connectivity index (χ4v) is 3.29. The zero-order valence-electron chi connectivity index (χ0n) is 15.3. The maximum absolute atomic E-state index is 12.6. The predicted molar refractivity (Wildman–Crippen MR) is 89.2 cm³/mol. The monoisotopic (exact) mass is 297 g/mol. The summed E-state index contributed by atoms with van der Waals surface area (Å²) in [5.41, 5.74) is -0.230. The first-order chi connectivity index (χ1) is 9.34. The van der Waals surface area contributed by atoms with Gasteiger partial charge in [-0.05, 0) is 74.8 Å². The fourth-order valence-electron chi connectivity index (χ4n) is 3.29. The molecule has 1 aliphatic heterocycles. The first-order valence-corrected chi connectivity index (χ1v) is 8.21. The smallest absolute Gasteiger partial charge is 0.241 e. The fraction of sp³-hybridized carbons (Fsp3) is 0.941. The van der Waals surface area contributed by atoms with E-state index < -0.39 is 0 Å². The number of unbranched alkanes of at least 4 members (excludes halogenated alkanes) is 1. The molecule has 0 aromatic heterocycles. The minimum absolute atomic E-state index is 0.0335. The van der Waals surface area contributed by atoms with E-state index in [1.807, 2.05) is 4.90 Å². The Bertz CT molecular complexity index is 363. The van der Waals surface area contributed by atoms with Crippen LogP contribution >= 0.6 is 0 Å². The lowest BCUT2D eigenvalue weighted by Gasteiger charge is -2.41. The summed E-state index contributed by atoms with van der Waals surface area (Å²) in [4.78, 5) is 14.6. The molecule has 21 heavy (non-hydrogen) atoms. The molecule has 1 atom stereocenters. The lowest BCUT2D eigenvalue weighted by molar-refractivity contribution is -0.137. The van der Waals surface area contributed by atoms with Crippen molar-refractivity contribution in [1.82, 2.24) is 15.5 Å². The van der Waals surface area contributed by atoms with Crippen LogP contribution in [0.2, 0.25) is 0 Å². The topological polar surface area (TPSA) is 44.4 Å². The van der Waals surface area contributed by atoms with Crippen molar-refractivity contribution in [3.63, 3.8) is 0 Å². The van der Waals surface area contributed by atoms with Crippen LogP contribution in [0.15, 0.2) is 0 Å². The Hall–Kier alpha value is -0.610. The summed E-state index contributed by atoms with van der Waals surface area (Å²) in [5, 5.41) is 6.99. The standard InChI is InChI=1S/C17H35N3O/c1-15(2,3)18-12-10-9-11-13-14(21)20(16(4,5)6)17(7,8)19-13/h13,18-19H,9-12H2,1-8H3/t13-/m0/s1. The third-order valence-electron chi connectivity index (χ3n) is 3.85. The zero-order chi connectivity index (χ0) is 16.5. The van der Waals surface area contributed by atoms with E-state index in [0.717, 1.165) is 25.8 Å². The summed E-state index contributed by atoms with van der Waals surface area (Å²) < 4.78 is 0. The molecule has 0 unspecified atom stereocenters. The molecule has 1 saturated heterocycles. The summed E-state index contributed by atoms with van der Waals surface area (Å²) in [6.07, 6.45) is 3.10. The molecular weight excluding hydrogens is 262 g/mol. The Morgan fingerprint density at radius 2 is 1.71 bits per heavy atom. The Morgan fingerprint density at radius 3 is 2.14 bits per heavy atom. The number of nitrogens with zero attached hydrogens (tertiary/aromatic N) is 1. The highest BCUT2D eigenvalue weighted by Gasteiger charge is 2.48. The first kappa shape index (κ1) is 18.4. The molecule has 0 radical (unpaired) electrons. The van der Waals surface area contributed by atoms with Gasteiger partial charge in [0.25, 0.3) is 0 Å². The van der Waals surface area contributed by atoms with Crippen LogP contribution in [-0.2, 0) is 4.79 Å². The zero-order valence-corrected chi connectivity index (χ0v) is 15.3. The molecule has 1 heterocycles. The quantitative estimate of drug-likeness (QED) is 0.767. The number of carbonyl (C=O) groups excluding carboxylic acids is 1. The van der Waals surface area contributed by atoms with Crippen molar-refractivity contribution < 1.29 is 4.79 Å². The highest BCUT2D eigenvalue weighted by atomic mass is 16.2. The number of amides is 1.